The fourth-order valence-electron chi connectivity index (χ4n) is 2.83. The van der Waals surface area contributed by atoms with Crippen LogP contribution in [0.25, 0.3) is 10.9 Å². The molecule has 1 heterocycles. The van der Waals surface area contributed by atoms with Gasteiger partial charge in [0.2, 0.25) is 5.91 Å². The van der Waals surface area contributed by atoms with E-state index >= 15 is 0 Å². The van der Waals surface area contributed by atoms with Crippen molar-refractivity contribution in [2.45, 2.75) is 43.8 Å². The maximum atomic E-state index is 12.8. The number of carbonyl (C=O) groups is 1. The number of nitrogens with one attached hydrogen (secondary N) is 1. The Morgan fingerprint density at radius 3 is 2.57 bits per heavy atom. The van der Waals surface area contributed by atoms with Crippen molar-refractivity contribution < 1.29 is 18.3 Å². The Bertz CT molecular complexity index is 1090. The second-order valence-electron chi connectivity index (χ2n) is 6.52. The van der Waals surface area contributed by atoms with Crippen LogP contribution in [0.1, 0.15) is 20.3 Å². The van der Waals surface area contributed by atoms with E-state index in [4.69, 9.17) is 0 Å². The normalized spacial score (nSPS) is 12.2. The number of amides is 1. The average Bonchev–Trinajstić information content (AvgIpc) is 2.72. The molecule has 1 N–H and O–H groups in total. The number of anilines is 1. The number of hydrogen-bond donors (Lipinski definition) is 1. The van der Waals surface area contributed by atoms with Gasteiger partial charge in [-0.15, -0.1) is 0 Å². The van der Waals surface area contributed by atoms with Crippen molar-refractivity contribution in [1.82, 2.24) is 9.55 Å². The lowest BCUT2D eigenvalue weighted by molar-refractivity contribution is -0.115. The van der Waals surface area contributed by atoms with Gasteiger partial charge in [0, 0.05) is 12.2 Å². The molecule has 0 bridgehead atoms. The molecule has 2 aromatic carbocycles. The molecule has 0 fully saturated rings. The highest BCUT2D eigenvalue weighted by molar-refractivity contribution is 8.00. The lowest BCUT2D eigenvalue weighted by atomic mass is 10.2. The molecule has 0 saturated heterocycles. The summed E-state index contributed by atoms with van der Waals surface area (Å²) < 4.78 is 30.3. The quantitative estimate of drug-likeness (QED) is 0.417. The molecule has 0 saturated carbocycles. The van der Waals surface area contributed by atoms with Crippen LogP contribution in [0.3, 0.4) is 0 Å². The van der Waals surface area contributed by atoms with Crippen molar-refractivity contribution in [1.29, 1.82) is 0 Å². The van der Waals surface area contributed by atoms with E-state index in [1.165, 1.54) is 36.0 Å². The third-order valence-corrected chi connectivity index (χ3v) is 5.36. The molecule has 9 heteroatoms. The summed E-state index contributed by atoms with van der Waals surface area (Å²) in [6.45, 7) is 1.27. The molecule has 1 unspecified atom stereocenters. The Morgan fingerprint density at radius 2 is 1.90 bits per heavy atom. The van der Waals surface area contributed by atoms with Crippen LogP contribution >= 0.6 is 11.8 Å². The van der Waals surface area contributed by atoms with Crippen LogP contribution in [-0.4, -0.2) is 27.3 Å². The highest BCUT2D eigenvalue weighted by Gasteiger charge is 2.19. The zero-order chi connectivity index (χ0) is 21.7. The largest absolute Gasteiger partial charge is 0.435 e. The van der Waals surface area contributed by atoms with Gasteiger partial charge in [-0.25, -0.2) is 4.98 Å². The van der Waals surface area contributed by atoms with Crippen molar-refractivity contribution >= 4 is 34.3 Å². The van der Waals surface area contributed by atoms with E-state index in [0.29, 0.717) is 28.3 Å². The summed E-state index contributed by atoms with van der Waals surface area (Å²) in [5, 5.41) is 3.20. The molecule has 0 spiro atoms. The molecular formula is C21H21F2N3O3S. The van der Waals surface area contributed by atoms with Crippen molar-refractivity contribution in [3.05, 3.63) is 58.9 Å². The molecule has 1 amide bonds. The average molecular weight is 433 g/mol. The minimum absolute atomic E-state index is 0.00867. The van der Waals surface area contributed by atoms with Crippen molar-refractivity contribution in [2.24, 2.45) is 0 Å². The van der Waals surface area contributed by atoms with E-state index < -0.39 is 11.9 Å². The summed E-state index contributed by atoms with van der Waals surface area (Å²) in [6, 6.07) is 12.8. The van der Waals surface area contributed by atoms with Crippen LogP contribution in [0.15, 0.2) is 58.5 Å². The maximum Gasteiger partial charge on any atom is 0.387 e. The third-order valence-electron chi connectivity index (χ3n) is 4.27. The van der Waals surface area contributed by atoms with E-state index in [1.54, 1.807) is 29.7 Å². The first-order valence-corrected chi connectivity index (χ1v) is 10.3. The number of thioether (sulfide) groups is 1. The number of ether oxygens (including phenoxy) is 1. The van der Waals surface area contributed by atoms with Gasteiger partial charge < -0.3 is 10.1 Å². The van der Waals surface area contributed by atoms with Crippen molar-refractivity contribution in [3.63, 3.8) is 0 Å². The number of para-hydroxylation sites is 1. The number of nitrogens with zero attached hydrogens (tertiary/aromatic N) is 2. The Hall–Kier alpha value is -2.94. The Kier molecular flexibility index (Phi) is 7.04. The minimum atomic E-state index is -2.91. The topological polar surface area (TPSA) is 73.2 Å². The molecule has 0 radical (unpaired) electrons. The van der Waals surface area contributed by atoms with Crippen LogP contribution in [0.2, 0.25) is 0 Å². The van der Waals surface area contributed by atoms with Gasteiger partial charge in [-0.2, -0.15) is 8.78 Å². The van der Waals surface area contributed by atoms with Crippen LogP contribution in [0.4, 0.5) is 14.5 Å². The van der Waals surface area contributed by atoms with Gasteiger partial charge in [-0.3, -0.25) is 14.2 Å². The maximum absolute atomic E-state index is 12.8. The van der Waals surface area contributed by atoms with Gasteiger partial charge in [-0.05, 0) is 49.7 Å². The molecule has 158 valence electrons. The van der Waals surface area contributed by atoms with Crippen LogP contribution in [0.5, 0.6) is 5.75 Å². The lowest BCUT2D eigenvalue weighted by Gasteiger charge is -2.16. The SMILES string of the molecule is CCCn1c(SC(C)C(=O)Nc2ccc(OC(F)F)cc2)nc2ccccc2c1=O. The molecule has 3 rings (SSSR count). The van der Waals surface area contributed by atoms with Crippen LogP contribution < -0.4 is 15.6 Å². The number of rotatable bonds is 8. The van der Waals surface area contributed by atoms with Crippen LogP contribution in [-0.2, 0) is 11.3 Å². The molecule has 3 aromatic rings. The minimum Gasteiger partial charge on any atom is -0.435 e. The Balaban J connectivity index is 1.77. The summed E-state index contributed by atoms with van der Waals surface area (Å²) in [7, 11) is 0. The van der Waals surface area contributed by atoms with Gasteiger partial charge in [0.05, 0.1) is 16.2 Å². The third kappa shape index (κ3) is 5.15. The summed E-state index contributed by atoms with van der Waals surface area (Å²) in [5.41, 5.74) is 0.901. The number of aromatic nitrogens is 2. The molecule has 1 atom stereocenters. The Labute approximate surface area is 176 Å². The number of halogens is 2. The summed E-state index contributed by atoms with van der Waals surface area (Å²) in [6.07, 6.45) is 0.751. The highest BCUT2D eigenvalue weighted by atomic mass is 32.2. The van der Waals surface area contributed by atoms with Gasteiger partial charge in [0.15, 0.2) is 5.16 Å². The number of fused-ring (bicyclic) bond motifs is 1. The molecule has 1 aromatic heterocycles. The summed E-state index contributed by atoms with van der Waals surface area (Å²) >= 11 is 1.19. The molecule has 30 heavy (non-hydrogen) atoms. The predicted molar refractivity (Wildman–Crippen MR) is 113 cm³/mol. The zero-order valence-electron chi connectivity index (χ0n) is 16.5. The number of hydrogen-bond acceptors (Lipinski definition) is 5. The van der Waals surface area contributed by atoms with Crippen molar-refractivity contribution in [2.75, 3.05) is 5.32 Å². The summed E-state index contributed by atoms with van der Waals surface area (Å²) in [5.74, 6) is -0.289. The predicted octanol–water partition coefficient (Wildman–Crippen LogP) is 4.53. The summed E-state index contributed by atoms with van der Waals surface area (Å²) in [4.78, 5) is 30.0. The van der Waals surface area contributed by atoms with Gasteiger partial charge in [-0.1, -0.05) is 30.8 Å². The smallest absolute Gasteiger partial charge is 0.387 e. The highest BCUT2D eigenvalue weighted by Crippen LogP contribution is 2.24. The molecule has 6 nitrogen and oxygen atoms in total. The zero-order valence-corrected chi connectivity index (χ0v) is 17.3. The van der Waals surface area contributed by atoms with Crippen molar-refractivity contribution in [3.8, 4) is 5.75 Å². The van der Waals surface area contributed by atoms with E-state index in [0.717, 1.165) is 6.42 Å². The molecule has 0 aliphatic rings. The number of benzene rings is 2. The first-order valence-electron chi connectivity index (χ1n) is 9.41. The second kappa shape index (κ2) is 9.71. The van der Waals surface area contributed by atoms with Crippen LogP contribution in [0, 0.1) is 0 Å². The van der Waals surface area contributed by atoms with E-state index in [1.807, 2.05) is 13.0 Å². The van der Waals surface area contributed by atoms with E-state index in [2.05, 4.69) is 15.0 Å². The standard InChI is InChI=1S/C21H21F2N3O3S/c1-3-12-26-19(28)16-6-4-5-7-17(16)25-21(26)30-13(2)18(27)24-14-8-10-15(11-9-14)29-20(22)23/h4-11,13,20H,3,12H2,1-2H3,(H,24,27). The van der Waals surface area contributed by atoms with Gasteiger partial charge in [0.1, 0.15) is 5.75 Å². The second-order valence-corrected chi connectivity index (χ2v) is 7.83. The fraction of sp³-hybridized carbons (Fsp3) is 0.286. The Morgan fingerprint density at radius 1 is 1.20 bits per heavy atom. The first kappa shape index (κ1) is 21.8. The number of carbonyl (C=O) groups excluding carboxylic acids is 1. The fourth-order valence-corrected chi connectivity index (χ4v) is 3.77. The molecule has 0 aliphatic carbocycles. The first-order chi connectivity index (χ1) is 14.4. The van der Waals surface area contributed by atoms with Gasteiger partial charge in [0.25, 0.3) is 5.56 Å². The van der Waals surface area contributed by atoms with Gasteiger partial charge >= 0.3 is 6.61 Å². The lowest BCUT2D eigenvalue weighted by Crippen LogP contribution is -2.27. The molecular weight excluding hydrogens is 412 g/mol. The van der Waals surface area contributed by atoms with E-state index in [-0.39, 0.29) is 17.2 Å². The van der Waals surface area contributed by atoms with E-state index in [9.17, 15) is 18.4 Å². The monoisotopic (exact) mass is 433 g/mol. The molecule has 0 aliphatic heterocycles. The number of alkyl halides is 2.